The number of benzene rings is 1. The van der Waals surface area contributed by atoms with Crippen LogP contribution >= 0.6 is 0 Å². The fraction of sp³-hybridized carbons (Fsp3) is 0.619. The first-order valence-electron chi connectivity index (χ1n) is 9.98. The number of carbonyl (C=O) groups excluding carboxylic acids is 2. The molecule has 2 aliphatic heterocycles. The Kier molecular flexibility index (Phi) is 3.76. The molecule has 27 heavy (non-hydrogen) atoms. The molecule has 2 bridgehead atoms. The van der Waals surface area contributed by atoms with Crippen molar-refractivity contribution in [3.63, 3.8) is 0 Å². The summed E-state index contributed by atoms with van der Waals surface area (Å²) in [5.41, 5.74) is -0.250. The van der Waals surface area contributed by atoms with Gasteiger partial charge in [0.15, 0.2) is 5.72 Å². The van der Waals surface area contributed by atoms with E-state index in [9.17, 15) is 9.59 Å². The Hall–Kier alpha value is -2.08. The molecule has 6 rings (SSSR count). The molecule has 4 atom stereocenters. The van der Waals surface area contributed by atoms with Gasteiger partial charge in [0.1, 0.15) is 5.75 Å². The van der Waals surface area contributed by atoms with Crippen molar-refractivity contribution in [2.45, 2.75) is 38.3 Å². The van der Waals surface area contributed by atoms with Crippen LogP contribution in [0.2, 0.25) is 0 Å². The van der Waals surface area contributed by atoms with Crippen LogP contribution in [0.5, 0.6) is 5.75 Å². The molecule has 0 radical (unpaired) electrons. The van der Waals surface area contributed by atoms with Crippen LogP contribution in [0.25, 0.3) is 0 Å². The molecule has 6 heteroatoms. The van der Waals surface area contributed by atoms with Crippen LogP contribution < -0.4 is 10.1 Å². The molecule has 5 aliphatic rings. The van der Waals surface area contributed by atoms with Gasteiger partial charge in [-0.25, -0.2) is 0 Å². The van der Waals surface area contributed by atoms with Crippen molar-refractivity contribution in [2.24, 2.45) is 17.3 Å². The Morgan fingerprint density at radius 3 is 2.81 bits per heavy atom. The highest BCUT2D eigenvalue weighted by Gasteiger charge is 2.62. The summed E-state index contributed by atoms with van der Waals surface area (Å²) in [7, 11) is 0. The maximum absolute atomic E-state index is 13.2. The van der Waals surface area contributed by atoms with Crippen molar-refractivity contribution >= 4 is 11.8 Å². The number of amides is 2. The van der Waals surface area contributed by atoms with Gasteiger partial charge >= 0.3 is 0 Å². The van der Waals surface area contributed by atoms with Gasteiger partial charge in [0.2, 0.25) is 5.91 Å². The number of nitrogens with zero attached hydrogens (tertiary/aromatic N) is 1. The number of fused-ring (bicyclic) bond motifs is 3. The maximum atomic E-state index is 13.2. The topological polar surface area (TPSA) is 67.9 Å². The minimum atomic E-state index is -0.680. The number of morpholine rings is 1. The predicted octanol–water partition coefficient (Wildman–Crippen LogP) is 2.19. The summed E-state index contributed by atoms with van der Waals surface area (Å²) in [6.07, 6.45) is 3.44. The third-order valence-corrected chi connectivity index (χ3v) is 7.12. The van der Waals surface area contributed by atoms with Gasteiger partial charge in [-0.2, -0.15) is 0 Å². The van der Waals surface area contributed by atoms with Crippen molar-refractivity contribution in [1.29, 1.82) is 0 Å². The summed E-state index contributed by atoms with van der Waals surface area (Å²) >= 11 is 0. The van der Waals surface area contributed by atoms with E-state index >= 15 is 0 Å². The Balaban J connectivity index is 1.43. The quantitative estimate of drug-likeness (QED) is 0.823. The lowest BCUT2D eigenvalue weighted by Crippen LogP contribution is -2.69. The number of nitrogens with one attached hydrogen (secondary N) is 1. The Morgan fingerprint density at radius 2 is 2.04 bits per heavy atom. The van der Waals surface area contributed by atoms with Crippen LogP contribution in [-0.2, 0) is 9.53 Å². The zero-order chi connectivity index (χ0) is 18.6. The average molecular weight is 370 g/mol. The summed E-state index contributed by atoms with van der Waals surface area (Å²) in [5.74, 6) is 1.00. The fourth-order valence-corrected chi connectivity index (χ4v) is 5.64. The summed E-state index contributed by atoms with van der Waals surface area (Å²) < 4.78 is 11.8. The van der Waals surface area contributed by atoms with Gasteiger partial charge < -0.3 is 19.7 Å². The molecule has 1 aromatic carbocycles. The molecule has 0 aromatic heterocycles. The van der Waals surface area contributed by atoms with Crippen molar-refractivity contribution in [1.82, 2.24) is 10.2 Å². The normalized spacial score (nSPS) is 37.5. The molecule has 144 valence electrons. The van der Waals surface area contributed by atoms with Crippen LogP contribution in [-0.4, -0.2) is 48.7 Å². The number of hydrogen-bond donors (Lipinski definition) is 1. The largest absolute Gasteiger partial charge is 0.467 e. The highest BCUT2D eigenvalue weighted by Crippen LogP contribution is 2.59. The van der Waals surface area contributed by atoms with E-state index in [1.807, 2.05) is 23.1 Å². The van der Waals surface area contributed by atoms with E-state index in [-0.39, 0.29) is 29.1 Å². The molecular weight excluding hydrogens is 344 g/mol. The van der Waals surface area contributed by atoms with E-state index in [1.165, 1.54) is 0 Å². The van der Waals surface area contributed by atoms with Crippen LogP contribution in [0.15, 0.2) is 24.3 Å². The summed E-state index contributed by atoms with van der Waals surface area (Å²) in [4.78, 5) is 27.9. The molecule has 1 saturated heterocycles. The molecule has 0 unspecified atom stereocenters. The molecule has 3 saturated carbocycles. The smallest absolute Gasteiger partial charge is 0.258 e. The van der Waals surface area contributed by atoms with Gasteiger partial charge in [-0.3, -0.25) is 9.59 Å². The third kappa shape index (κ3) is 2.57. The zero-order valence-electron chi connectivity index (χ0n) is 15.7. The molecule has 6 nitrogen and oxygen atoms in total. The van der Waals surface area contributed by atoms with Gasteiger partial charge in [0, 0.05) is 31.3 Å². The first-order valence-corrected chi connectivity index (χ1v) is 9.98. The summed E-state index contributed by atoms with van der Waals surface area (Å²) in [6.45, 7) is 4.81. The van der Waals surface area contributed by atoms with Gasteiger partial charge in [-0.05, 0) is 36.8 Å². The standard InChI is InChI=1S/C21H26N2O4/c1-20-7-6-14(12-16(20)19(25)23-8-10-26-11-9-23)21(13-20)22-18(24)15-4-2-3-5-17(15)27-21/h2-5,14,16H,6-13H2,1H3,(H,22,24)/t14-,16+,20-,21+/m0/s1. The highest BCUT2D eigenvalue weighted by molar-refractivity contribution is 5.98. The summed E-state index contributed by atoms with van der Waals surface area (Å²) in [6, 6.07) is 7.42. The van der Waals surface area contributed by atoms with Crippen molar-refractivity contribution in [3.8, 4) is 5.75 Å². The molecule has 1 aromatic rings. The second kappa shape index (κ2) is 5.96. The van der Waals surface area contributed by atoms with Crippen LogP contribution in [0.1, 0.15) is 43.0 Å². The molecule has 1 N–H and O–H groups in total. The highest BCUT2D eigenvalue weighted by atomic mass is 16.5. The second-order valence-electron chi connectivity index (χ2n) is 8.73. The van der Waals surface area contributed by atoms with Gasteiger partial charge in [0.05, 0.1) is 18.8 Å². The first-order chi connectivity index (χ1) is 13.0. The number of rotatable bonds is 1. The van der Waals surface area contributed by atoms with E-state index in [0.29, 0.717) is 44.0 Å². The summed E-state index contributed by atoms with van der Waals surface area (Å²) in [5, 5.41) is 3.18. The number of hydrogen-bond acceptors (Lipinski definition) is 4. The monoisotopic (exact) mass is 370 g/mol. The number of ether oxygens (including phenoxy) is 2. The van der Waals surface area contributed by atoms with E-state index in [4.69, 9.17) is 9.47 Å². The minimum absolute atomic E-state index is 0.00218. The second-order valence-corrected chi connectivity index (χ2v) is 8.73. The Bertz CT molecular complexity index is 790. The van der Waals surface area contributed by atoms with Crippen LogP contribution in [0.4, 0.5) is 0 Å². The van der Waals surface area contributed by atoms with Crippen molar-refractivity contribution in [3.05, 3.63) is 29.8 Å². The number of carbonyl (C=O) groups is 2. The lowest BCUT2D eigenvalue weighted by atomic mass is 9.52. The maximum Gasteiger partial charge on any atom is 0.258 e. The Labute approximate surface area is 159 Å². The van der Waals surface area contributed by atoms with E-state index in [0.717, 1.165) is 19.3 Å². The Morgan fingerprint density at radius 1 is 1.26 bits per heavy atom. The lowest BCUT2D eigenvalue weighted by molar-refractivity contribution is -0.176. The zero-order valence-corrected chi connectivity index (χ0v) is 15.7. The fourth-order valence-electron chi connectivity index (χ4n) is 5.64. The van der Waals surface area contributed by atoms with Crippen molar-refractivity contribution < 1.29 is 19.1 Å². The lowest BCUT2D eigenvalue weighted by Gasteiger charge is -2.60. The number of para-hydroxylation sites is 1. The van der Waals surface area contributed by atoms with Gasteiger partial charge in [-0.1, -0.05) is 19.1 Å². The molecule has 1 spiro atoms. The minimum Gasteiger partial charge on any atom is -0.467 e. The van der Waals surface area contributed by atoms with E-state index < -0.39 is 5.72 Å². The average Bonchev–Trinajstić information content (AvgIpc) is 2.68. The van der Waals surface area contributed by atoms with Gasteiger partial charge in [0.25, 0.3) is 5.91 Å². The molecule has 2 heterocycles. The third-order valence-electron chi connectivity index (χ3n) is 7.12. The van der Waals surface area contributed by atoms with E-state index in [1.54, 1.807) is 6.07 Å². The van der Waals surface area contributed by atoms with Crippen LogP contribution in [0, 0.1) is 17.3 Å². The molecule has 3 aliphatic carbocycles. The SMILES string of the molecule is C[C@@]12CC[C@@H](C[C@@H]1C(=O)N1CCOCC1)[C@]1(C2)NC(=O)c2ccccc2O1. The molecule has 4 fully saturated rings. The predicted molar refractivity (Wildman–Crippen MR) is 98.2 cm³/mol. The van der Waals surface area contributed by atoms with Gasteiger partial charge in [-0.15, -0.1) is 0 Å². The first kappa shape index (κ1) is 17.0. The van der Waals surface area contributed by atoms with Crippen molar-refractivity contribution in [2.75, 3.05) is 26.3 Å². The van der Waals surface area contributed by atoms with E-state index in [2.05, 4.69) is 12.2 Å². The van der Waals surface area contributed by atoms with Crippen LogP contribution in [0.3, 0.4) is 0 Å². The molecule has 2 amide bonds. The molecular formula is C21H26N2O4.